The van der Waals surface area contributed by atoms with Crippen molar-refractivity contribution in [2.45, 2.75) is 26.1 Å². The first-order valence-electron chi connectivity index (χ1n) is 5.25. The summed E-state index contributed by atoms with van der Waals surface area (Å²) in [6.07, 6.45) is 1.68. The molecule has 0 saturated heterocycles. The van der Waals surface area contributed by atoms with Crippen LogP contribution in [0.4, 0.5) is 0 Å². The van der Waals surface area contributed by atoms with E-state index in [0.29, 0.717) is 6.54 Å². The first-order chi connectivity index (χ1) is 7.24. The molecule has 2 N–H and O–H groups in total. The van der Waals surface area contributed by atoms with Crippen molar-refractivity contribution in [1.82, 2.24) is 9.88 Å². The molecule has 0 saturated carbocycles. The normalized spacial score (nSPS) is 13.0. The Morgan fingerprint density at radius 3 is 3.07 bits per heavy atom. The lowest BCUT2D eigenvalue weighted by Gasteiger charge is -2.11. The molecule has 0 spiro atoms. The van der Waals surface area contributed by atoms with Crippen LogP contribution in [-0.2, 0) is 17.8 Å². The zero-order chi connectivity index (χ0) is 11.1. The largest absolute Gasteiger partial charge is 0.392 e. The second-order valence-corrected chi connectivity index (χ2v) is 3.67. The summed E-state index contributed by atoms with van der Waals surface area (Å²) in [6, 6.07) is 4.05. The van der Waals surface area contributed by atoms with Gasteiger partial charge in [-0.1, -0.05) is 0 Å². The predicted octanol–water partition coefficient (Wildman–Crippen LogP) is 0.605. The number of hydrogen-bond acceptors (Lipinski definition) is 3. The van der Waals surface area contributed by atoms with Gasteiger partial charge in [0.05, 0.1) is 12.7 Å². The molecule has 4 nitrogen and oxygen atoms in total. The van der Waals surface area contributed by atoms with Gasteiger partial charge >= 0.3 is 0 Å². The average Bonchev–Trinajstić information content (AvgIpc) is 2.59. The van der Waals surface area contributed by atoms with Gasteiger partial charge in [0.25, 0.3) is 0 Å². The standard InChI is InChI=1S/C11H20N2O2/c1-10(14)9-13-6-3-4-11(13)8-12-5-7-15-2/h3-4,6,10,12,14H,5,7-9H2,1-2H3. The minimum atomic E-state index is -0.310. The van der Waals surface area contributed by atoms with E-state index in [1.807, 2.05) is 12.3 Å². The number of aliphatic hydroxyl groups excluding tert-OH is 1. The first-order valence-corrected chi connectivity index (χ1v) is 5.25. The molecule has 86 valence electrons. The van der Waals surface area contributed by atoms with Gasteiger partial charge in [0.15, 0.2) is 0 Å². The summed E-state index contributed by atoms with van der Waals surface area (Å²) in [5.74, 6) is 0. The lowest BCUT2D eigenvalue weighted by molar-refractivity contribution is 0.172. The summed E-state index contributed by atoms with van der Waals surface area (Å²) in [6.45, 7) is 4.81. The molecule has 1 atom stereocenters. The topological polar surface area (TPSA) is 46.4 Å². The number of aliphatic hydroxyl groups is 1. The Kier molecular flexibility index (Phi) is 5.39. The van der Waals surface area contributed by atoms with Gasteiger partial charge in [0.1, 0.15) is 0 Å². The van der Waals surface area contributed by atoms with E-state index in [1.165, 1.54) is 5.69 Å². The second kappa shape index (κ2) is 6.61. The summed E-state index contributed by atoms with van der Waals surface area (Å²) in [5, 5.41) is 12.6. The van der Waals surface area contributed by atoms with Crippen LogP contribution in [0.15, 0.2) is 18.3 Å². The Morgan fingerprint density at radius 1 is 1.60 bits per heavy atom. The molecule has 1 aromatic rings. The minimum Gasteiger partial charge on any atom is -0.392 e. The Bertz CT molecular complexity index is 271. The van der Waals surface area contributed by atoms with Crippen LogP contribution in [0.5, 0.6) is 0 Å². The molecular formula is C11H20N2O2. The van der Waals surface area contributed by atoms with Gasteiger partial charge in [-0.3, -0.25) is 0 Å². The van der Waals surface area contributed by atoms with Crippen LogP contribution >= 0.6 is 0 Å². The molecule has 0 bridgehead atoms. The molecule has 1 unspecified atom stereocenters. The predicted molar refractivity (Wildman–Crippen MR) is 59.7 cm³/mol. The van der Waals surface area contributed by atoms with Gasteiger partial charge in [-0.25, -0.2) is 0 Å². The van der Waals surface area contributed by atoms with E-state index in [1.54, 1.807) is 14.0 Å². The summed E-state index contributed by atoms with van der Waals surface area (Å²) in [7, 11) is 1.69. The zero-order valence-corrected chi connectivity index (χ0v) is 9.44. The molecule has 0 radical (unpaired) electrons. The Morgan fingerprint density at radius 2 is 2.40 bits per heavy atom. The summed E-state index contributed by atoms with van der Waals surface area (Å²) >= 11 is 0. The van der Waals surface area contributed by atoms with Crippen LogP contribution in [0.2, 0.25) is 0 Å². The number of aromatic nitrogens is 1. The Labute approximate surface area is 90.9 Å². The van der Waals surface area contributed by atoms with Crippen molar-refractivity contribution in [3.63, 3.8) is 0 Å². The average molecular weight is 212 g/mol. The molecular weight excluding hydrogens is 192 g/mol. The van der Waals surface area contributed by atoms with Crippen LogP contribution < -0.4 is 5.32 Å². The molecule has 1 aromatic heterocycles. The SMILES string of the molecule is COCCNCc1cccn1CC(C)O. The maximum Gasteiger partial charge on any atom is 0.0690 e. The maximum absolute atomic E-state index is 9.30. The highest BCUT2D eigenvalue weighted by Crippen LogP contribution is 2.03. The quantitative estimate of drug-likeness (QED) is 0.651. The van der Waals surface area contributed by atoms with Gasteiger partial charge in [-0.2, -0.15) is 0 Å². The number of ether oxygens (including phenoxy) is 1. The van der Waals surface area contributed by atoms with E-state index >= 15 is 0 Å². The minimum absolute atomic E-state index is 0.310. The first kappa shape index (κ1) is 12.2. The number of rotatable bonds is 7. The van der Waals surface area contributed by atoms with Crippen LogP contribution in [-0.4, -0.2) is 36.0 Å². The summed E-state index contributed by atoms with van der Waals surface area (Å²) in [5.41, 5.74) is 1.19. The molecule has 1 rings (SSSR count). The van der Waals surface area contributed by atoms with Crippen LogP contribution in [0.25, 0.3) is 0 Å². The molecule has 15 heavy (non-hydrogen) atoms. The number of nitrogens with one attached hydrogen (secondary N) is 1. The van der Waals surface area contributed by atoms with E-state index in [4.69, 9.17) is 4.74 Å². The van der Waals surface area contributed by atoms with Gasteiger partial charge in [-0.15, -0.1) is 0 Å². The van der Waals surface area contributed by atoms with Crippen molar-refractivity contribution >= 4 is 0 Å². The molecule has 1 heterocycles. The number of hydrogen-bond donors (Lipinski definition) is 2. The van der Waals surface area contributed by atoms with Crippen molar-refractivity contribution in [2.75, 3.05) is 20.3 Å². The van der Waals surface area contributed by atoms with Gasteiger partial charge in [0, 0.05) is 38.6 Å². The fourth-order valence-corrected chi connectivity index (χ4v) is 1.46. The fraction of sp³-hybridized carbons (Fsp3) is 0.636. The third kappa shape index (κ3) is 4.46. The van der Waals surface area contributed by atoms with Crippen molar-refractivity contribution in [2.24, 2.45) is 0 Å². The monoisotopic (exact) mass is 212 g/mol. The highest BCUT2D eigenvalue weighted by atomic mass is 16.5. The lowest BCUT2D eigenvalue weighted by atomic mass is 10.3. The van der Waals surface area contributed by atoms with Gasteiger partial charge < -0.3 is 19.7 Å². The fourth-order valence-electron chi connectivity index (χ4n) is 1.46. The Hall–Kier alpha value is -0.840. The smallest absolute Gasteiger partial charge is 0.0690 e. The van der Waals surface area contributed by atoms with Gasteiger partial charge in [-0.05, 0) is 19.1 Å². The molecule has 0 aliphatic carbocycles. The molecule has 0 aliphatic rings. The molecule has 4 heteroatoms. The highest BCUT2D eigenvalue weighted by molar-refractivity contribution is 5.07. The van der Waals surface area contributed by atoms with E-state index in [2.05, 4.69) is 16.0 Å². The molecule has 0 fully saturated rings. The van der Waals surface area contributed by atoms with Crippen molar-refractivity contribution in [3.05, 3.63) is 24.0 Å². The summed E-state index contributed by atoms with van der Waals surface area (Å²) in [4.78, 5) is 0. The number of nitrogens with zero attached hydrogens (tertiary/aromatic N) is 1. The van der Waals surface area contributed by atoms with Crippen LogP contribution in [0, 0.1) is 0 Å². The highest BCUT2D eigenvalue weighted by Gasteiger charge is 2.02. The van der Waals surface area contributed by atoms with Crippen molar-refractivity contribution < 1.29 is 9.84 Å². The van der Waals surface area contributed by atoms with E-state index in [0.717, 1.165) is 19.7 Å². The lowest BCUT2D eigenvalue weighted by Crippen LogP contribution is -2.21. The number of methoxy groups -OCH3 is 1. The third-order valence-electron chi connectivity index (χ3n) is 2.17. The van der Waals surface area contributed by atoms with E-state index in [-0.39, 0.29) is 6.10 Å². The van der Waals surface area contributed by atoms with Crippen molar-refractivity contribution in [3.8, 4) is 0 Å². The van der Waals surface area contributed by atoms with E-state index in [9.17, 15) is 5.11 Å². The molecule has 0 aromatic carbocycles. The van der Waals surface area contributed by atoms with Gasteiger partial charge in [0.2, 0.25) is 0 Å². The van der Waals surface area contributed by atoms with E-state index < -0.39 is 0 Å². The molecule has 0 aliphatic heterocycles. The Balaban J connectivity index is 2.36. The summed E-state index contributed by atoms with van der Waals surface area (Å²) < 4.78 is 7.01. The third-order valence-corrected chi connectivity index (χ3v) is 2.17. The second-order valence-electron chi connectivity index (χ2n) is 3.67. The van der Waals surface area contributed by atoms with Crippen molar-refractivity contribution in [1.29, 1.82) is 0 Å². The van der Waals surface area contributed by atoms with Crippen LogP contribution in [0.3, 0.4) is 0 Å². The molecule has 0 amide bonds. The zero-order valence-electron chi connectivity index (χ0n) is 9.44. The van der Waals surface area contributed by atoms with Crippen LogP contribution in [0.1, 0.15) is 12.6 Å². The maximum atomic E-state index is 9.30.